The Labute approximate surface area is 259 Å². The van der Waals surface area contributed by atoms with E-state index in [1.54, 1.807) is 65.3 Å². The van der Waals surface area contributed by atoms with Gasteiger partial charge >= 0.3 is 12.3 Å². The molecule has 0 aliphatic carbocycles. The van der Waals surface area contributed by atoms with Gasteiger partial charge in [0.15, 0.2) is 0 Å². The second kappa shape index (κ2) is 12.2. The number of ether oxygens (including phenoxy) is 1. The highest BCUT2D eigenvalue weighted by Gasteiger charge is 2.31. The maximum atomic E-state index is 12.7. The number of nitrogens with one attached hydrogen (secondary N) is 1. The van der Waals surface area contributed by atoms with Crippen LogP contribution in [0.2, 0.25) is 10.0 Å². The van der Waals surface area contributed by atoms with Crippen LogP contribution in [0.5, 0.6) is 5.75 Å². The van der Waals surface area contributed by atoms with E-state index in [-0.39, 0.29) is 11.8 Å². The van der Waals surface area contributed by atoms with Gasteiger partial charge in [-0.05, 0) is 84.8 Å². The number of halogens is 5. The summed E-state index contributed by atoms with van der Waals surface area (Å²) in [5.41, 5.74) is 3.83. The zero-order chi connectivity index (χ0) is 31.8. The van der Waals surface area contributed by atoms with Crippen LogP contribution in [0.4, 0.5) is 13.2 Å². The second-order valence-corrected chi connectivity index (χ2v) is 11.0. The predicted octanol–water partition coefficient (Wildman–Crippen LogP) is 8.39. The first-order valence-electron chi connectivity index (χ1n) is 13.3. The van der Waals surface area contributed by atoms with Crippen molar-refractivity contribution in [3.05, 3.63) is 106 Å². The molecule has 226 valence electrons. The lowest BCUT2D eigenvalue weighted by molar-refractivity contribution is -0.274. The molecule has 0 saturated carbocycles. The van der Waals surface area contributed by atoms with Crippen LogP contribution in [0.3, 0.4) is 0 Å². The number of carboxylic acids is 1. The summed E-state index contributed by atoms with van der Waals surface area (Å²) in [5.74, 6) is -1.97. The molecule has 12 heteroatoms. The van der Waals surface area contributed by atoms with E-state index in [9.17, 15) is 22.8 Å². The second-order valence-electron chi connectivity index (χ2n) is 10.1. The molecule has 44 heavy (non-hydrogen) atoms. The number of hydrogen-bond acceptors (Lipinski definition) is 4. The average molecular weight is 642 g/mol. The van der Waals surface area contributed by atoms with Crippen LogP contribution in [-0.4, -0.2) is 39.2 Å². The van der Waals surface area contributed by atoms with E-state index in [0.29, 0.717) is 43.3 Å². The fourth-order valence-electron chi connectivity index (χ4n) is 4.72. The van der Waals surface area contributed by atoms with Gasteiger partial charge in [0.2, 0.25) is 0 Å². The first-order valence-corrected chi connectivity index (χ1v) is 14.0. The molecular formula is C32H24Cl2F3N3O4. The molecule has 2 atom stereocenters. The van der Waals surface area contributed by atoms with Crippen molar-refractivity contribution in [3.8, 4) is 28.3 Å². The van der Waals surface area contributed by atoms with Crippen LogP contribution in [0.15, 0.2) is 84.9 Å². The normalized spacial score (nSPS) is 13.0. The van der Waals surface area contributed by atoms with Gasteiger partial charge in [-0.2, -0.15) is 5.10 Å². The smallest absolute Gasteiger partial charge is 0.480 e. The van der Waals surface area contributed by atoms with Crippen LogP contribution in [0, 0.1) is 0 Å². The lowest BCUT2D eigenvalue weighted by Crippen LogP contribution is -2.38. The van der Waals surface area contributed by atoms with Crippen LogP contribution >= 0.6 is 23.2 Å². The summed E-state index contributed by atoms with van der Waals surface area (Å²) in [7, 11) is 0. The molecule has 1 amide bonds. The van der Waals surface area contributed by atoms with E-state index in [2.05, 4.69) is 10.1 Å². The zero-order valence-electron chi connectivity index (χ0n) is 23.2. The molecule has 0 aliphatic heterocycles. The number of carboxylic acid groups (broad SMARTS) is 1. The van der Waals surface area contributed by atoms with Crippen LogP contribution < -0.4 is 10.1 Å². The van der Waals surface area contributed by atoms with Gasteiger partial charge in [-0.15, -0.1) is 13.2 Å². The van der Waals surface area contributed by atoms with E-state index in [1.807, 2.05) is 19.1 Å². The molecule has 0 saturated heterocycles. The fourth-order valence-corrected chi connectivity index (χ4v) is 5.25. The molecule has 0 spiro atoms. The molecule has 1 aromatic heterocycles. The Morgan fingerprint density at radius 2 is 1.50 bits per heavy atom. The molecule has 7 nitrogen and oxygen atoms in total. The Morgan fingerprint density at radius 3 is 2.14 bits per heavy atom. The van der Waals surface area contributed by atoms with Crippen LogP contribution in [0.1, 0.15) is 35.8 Å². The van der Waals surface area contributed by atoms with Gasteiger partial charge < -0.3 is 15.2 Å². The minimum atomic E-state index is -4.80. The summed E-state index contributed by atoms with van der Waals surface area (Å²) in [5, 5.41) is 18.5. The van der Waals surface area contributed by atoms with Gasteiger partial charge in [0.25, 0.3) is 5.91 Å². The summed E-state index contributed by atoms with van der Waals surface area (Å²) in [4.78, 5) is 23.6. The highest BCUT2D eigenvalue weighted by molar-refractivity contribution is 6.35. The molecule has 5 aromatic rings. The van der Waals surface area contributed by atoms with Crippen molar-refractivity contribution in [2.24, 2.45) is 0 Å². The van der Waals surface area contributed by atoms with Gasteiger partial charge in [-0.3, -0.25) is 14.3 Å². The first kappa shape index (κ1) is 30.9. The molecule has 0 bridgehead atoms. The molecule has 0 aliphatic rings. The SMILES string of the molecule is CC(c1ccc(C(=O)N[C@@H](C)C(=O)O)cc1)n1nc(-c2cc(Cl)cc(Cl)c2)cc1-c1ccc2cc(OC(F)(F)F)ccc2c1. The first-order chi connectivity index (χ1) is 20.8. The summed E-state index contributed by atoms with van der Waals surface area (Å²) < 4.78 is 44.1. The Kier molecular flexibility index (Phi) is 8.58. The summed E-state index contributed by atoms with van der Waals surface area (Å²) in [6.07, 6.45) is -4.80. The third-order valence-electron chi connectivity index (χ3n) is 6.98. The molecule has 5 rings (SSSR count). The minimum Gasteiger partial charge on any atom is -0.480 e. The van der Waals surface area contributed by atoms with Gasteiger partial charge in [-0.1, -0.05) is 53.5 Å². The number of rotatable bonds is 8. The zero-order valence-corrected chi connectivity index (χ0v) is 24.7. The lowest BCUT2D eigenvalue weighted by Gasteiger charge is -2.17. The van der Waals surface area contributed by atoms with E-state index in [4.69, 9.17) is 33.4 Å². The monoisotopic (exact) mass is 641 g/mol. The van der Waals surface area contributed by atoms with Crippen molar-refractivity contribution < 1.29 is 32.6 Å². The highest BCUT2D eigenvalue weighted by atomic mass is 35.5. The fraction of sp³-hybridized carbons (Fsp3) is 0.156. The number of benzene rings is 4. The maximum absolute atomic E-state index is 12.7. The molecule has 0 fully saturated rings. The van der Waals surface area contributed by atoms with Crippen molar-refractivity contribution in [2.45, 2.75) is 32.3 Å². The van der Waals surface area contributed by atoms with Gasteiger partial charge in [0.1, 0.15) is 11.8 Å². The van der Waals surface area contributed by atoms with Gasteiger partial charge in [-0.25, -0.2) is 0 Å². The van der Waals surface area contributed by atoms with Crippen molar-refractivity contribution in [2.75, 3.05) is 0 Å². The number of alkyl halides is 3. The van der Waals surface area contributed by atoms with E-state index < -0.39 is 24.3 Å². The molecule has 4 aromatic carbocycles. The summed E-state index contributed by atoms with van der Waals surface area (Å²) in [6.45, 7) is 3.30. The number of carbonyl (C=O) groups excluding carboxylic acids is 1. The molecular weight excluding hydrogens is 618 g/mol. The molecule has 1 unspecified atom stereocenters. The van der Waals surface area contributed by atoms with Crippen molar-refractivity contribution in [1.82, 2.24) is 15.1 Å². The Hall–Kier alpha value is -4.54. The van der Waals surface area contributed by atoms with E-state index >= 15 is 0 Å². The number of aromatic nitrogens is 2. The minimum absolute atomic E-state index is 0.299. The predicted molar refractivity (Wildman–Crippen MR) is 162 cm³/mol. The Balaban J connectivity index is 1.54. The summed E-state index contributed by atoms with van der Waals surface area (Å²) in [6, 6.07) is 21.8. The largest absolute Gasteiger partial charge is 0.573 e. The van der Waals surface area contributed by atoms with Crippen molar-refractivity contribution in [1.29, 1.82) is 0 Å². The average Bonchev–Trinajstić information content (AvgIpc) is 3.41. The van der Waals surface area contributed by atoms with Crippen molar-refractivity contribution >= 4 is 45.9 Å². The third-order valence-corrected chi connectivity index (χ3v) is 7.41. The van der Waals surface area contributed by atoms with Crippen LogP contribution in [0.25, 0.3) is 33.3 Å². The molecule has 1 heterocycles. The topological polar surface area (TPSA) is 93.5 Å². The molecule has 0 radical (unpaired) electrons. The number of carbonyl (C=O) groups is 2. The Morgan fingerprint density at radius 1 is 0.864 bits per heavy atom. The standard InChI is InChI=1S/C32H24Cl2F3N3O4/c1-17(31(42)43)38-30(41)20-5-3-19(4-6-20)18(2)40-29(16-28(39-40)24-12-25(33)15-26(34)13-24)23-8-7-22-14-27(44-32(35,36)37)10-9-21(22)11-23/h3-18H,1-2H3,(H,38,41)(H,42,43)/t17-,18?/m0/s1. The van der Waals surface area contributed by atoms with Crippen LogP contribution in [-0.2, 0) is 4.79 Å². The highest BCUT2D eigenvalue weighted by Crippen LogP contribution is 2.35. The van der Waals surface area contributed by atoms with Gasteiger partial charge in [0.05, 0.1) is 17.4 Å². The third kappa shape index (κ3) is 6.98. The van der Waals surface area contributed by atoms with E-state index in [0.717, 1.165) is 11.1 Å². The number of nitrogens with zero attached hydrogens (tertiary/aromatic N) is 2. The number of aliphatic carboxylic acids is 1. The maximum Gasteiger partial charge on any atom is 0.573 e. The number of fused-ring (bicyclic) bond motifs is 1. The number of amides is 1. The van der Waals surface area contributed by atoms with Crippen molar-refractivity contribution in [3.63, 3.8) is 0 Å². The van der Waals surface area contributed by atoms with Gasteiger partial charge in [0, 0.05) is 26.7 Å². The quantitative estimate of drug-likeness (QED) is 0.177. The lowest BCUT2D eigenvalue weighted by atomic mass is 10.0. The number of hydrogen-bond donors (Lipinski definition) is 2. The summed E-state index contributed by atoms with van der Waals surface area (Å²) >= 11 is 12.5. The molecule has 2 N–H and O–H groups in total. The van der Waals surface area contributed by atoms with E-state index in [1.165, 1.54) is 19.1 Å². The Bertz CT molecular complexity index is 1850.